The maximum absolute atomic E-state index is 10.6. The number of amides is 1. The molecule has 0 fully saturated rings. The molecule has 1 heterocycles. The quantitative estimate of drug-likeness (QED) is 0.560. The zero-order valence-corrected chi connectivity index (χ0v) is 8.02. The molecule has 1 aromatic rings. The van der Waals surface area contributed by atoms with Crippen LogP contribution in [0.15, 0.2) is 17.8 Å². The lowest BCUT2D eigenvalue weighted by Gasteiger charge is -1.91. The average Bonchev–Trinajstić information content (AvgIpc) is 2.48. The lowest BCUT2D eigenvalue weighted by molar-refractivity contribution is -0.114. The van der Waals surface area contributed by atoms with Crippen LogP contribution >= 0.6 is 11.8 Å². The third-order valence-electron chi connectivity index (χ3n) is 1.09. The van der Waals surface area contributed by atoms with Gasteiger partial charge in [0.15, 0.2) is 0 Å². The predicted octanol–water partition coefficient (Wildman–Crippen LogP) is 1.04. The Morgan fingerprint density at radius 3 is 3.23 bits per heavy atom. The van der Waals surface area contributed by atoms with Crippen LogP contribution in [-0.4, -0.2) is 26.8 Å². The topological polar surface area (TPSA) is 70.7 Å². The molecule has 0 saturated heterocycles. The van der Waals surface area contributed by atoms with E-state index in [1.54, 1.807) is 6.08 Å². The van der Waals surface area contributed by atoms with Gasteiger partial charge in [0, 0.05) is 12.7 Å². The third-order valence-corrected chi connectivity index (χ3v) is 1.93. The van der Waals surface area contributed by atoms with Crippen molar-refractivity contribution in [2.45, 2.75) is 12.1 Å². The van der Waals surface area contributed by atoms with Crippen molar-refractivity contribution in [2.75, 3.05) is 11.1 Å². The van der Waals surface area contributed by atoms with Gasteiger partial charge in [0.25, 0.3) is 0 Å². The van der Waals surface area contributed by atoms with Crippen LogP contribution in [-0.2, 0) is 4.79 Å². The van der Waals surface area contributed by atoms with Crippen LogP contribution in [0.3, 0.4) is 0 Å². The van der Waals surface area contributed by atoms with E-state index in [0.29, 0.717) is 11.1 Å². The molecule has 0 atom stereocenters. The molecule has 0 radical (unpaired) electrons. The van der Waals surface area contributed by atoms with Gasteiger partial charge in [-0.3, -0.25) is 10.1 Å². The molecule has 0 unspecified atom stereocenters. The Kier molecular flexibility index (Phi) is 3.51. The number of hydrogen-bond donors (Lipinski definition) is 2. The first-order valence-corrected chi connectivity index (χ1v) is 4.64. The van der Waals surface area contributed by atoms with E-state index in [1.165, 1.54) is 18.7 Å². The standard InChI is InChI=1S/C7H10N4OS/c1-3-4-13-7-9-6(10-11-7)8-5(2)12/h3H,1,4H2,2H3,(H2,8,9,10,11,12). The van der Waals surface area contributed by atoms with Gasteiger partial charge >= 0.3 is 0 Å². The number of nitrogens with one attached hydrogen (secondary N) is 2. The normalized spacial score (nSPS) is 9.62. The average molecular weight is 198 g/mol. The van der Waals surface area contributed by atoms with Gasteiger partial charge in [-0.05, 0) is 0 Å². The van der Waals surface area contributed by atoms with E-state index in [-0.39, 0.29) is 5.91 Å². The van der Waals surface area contributed by atoms with Crippen LogP contribution in [0, 0.1) is 0 Å². The molecular formula is C7H10N4OS. The molecule has 0 bridgehead atoms. The Morgan fingerprint density at radius 2 is 2.62 bits per heavy atom. The van der Waals surface area contributed by atoms with E-state index in [2.05, 4.69) is 27.1 Å². The summed E-state index contributed by atoms with van der Waals surface area (Å²) in [6.07, 6.45) is 1.76. The van der Waals surface area contributed by atoms with Crippen molar-refractivity contribution in [2.24, 2.45) is 0 Å². The maximum atomic E-state index is 10.6. The molecule has 1 aromatic heterocycles. The first-order valence-electron chi connectivity index (χ1n) is 3.66. The Labute approximate surface area is 80.0 Å². The van der Waals surface area contributed by atoms with Crippen molar-refractivity contribution in [3.05, 3.63) is 12.7 Å². The summed E-state index contributed by atoms with van der Waals surface area (Å²) in [6, 6.07) is 0. The van der Waals surface area contributed by atoms with Crippen molar-refractivity contribution in [3.8, 4) is 0 Å². The zero-order valence-electron chi connectivity index (χ0n) is 7.20. The molecule has 5 nitrogen and oxygen atoms in total. The van der Waals surface area contributed by atoms with Gasteiger partial charge in [0.05, 0.1) is 0 Å². The van der Waals surface area contributed by atoms with Gasteiger partial charge in [-0.2, -0.15) is 4.98 Å². The largest absolute Gasteiger partial charge is 0.295 e. The van der Waals surface area contributed by atoms with Crippen LogP contribution in [0.2, 0.25) is 0 Å². The van der Waals surface area contributed by atoms with E-state index in [1.807, 2.05) is 0 Å². The fourth-order valence-corrected chi connectivity index (χ4v) is 1.20. The molecule has 70 valence electrons. The highest BCUT2D eigenvalue weighted by Gasteiger charge is 2.02. The minimum absolute atomic E-state index is 0.170. The van der Waals surface area contributed by atoms with Gasteiger partial charge in [0.1, 0.15) is 0 Å². The minimum Gasteiger partial charge on any atom is -0.295 e. The van der Waals surface area contributed by atoms with Crippen molar-refractivity contribution < 1.29 is 4.79 Å². The van der Waals surface area contributed by atoms with Gasteiger partial charge < -0.3 is 0 Å². The second-order valence-electron chi connectivity index (χ2n) is 2.25. The van der Waals surface area contributed by atoms with Crippen LogP contribution in [0.4, 0.5) is 5.95 Å². The Bertz CT molecular complexity index is 309. The molecule has 0 aliphatic heterocycles. The summed E-state index contributed by atoms with van der Waals surface area (Å²) in [7, 11) is 0. The van der Waals surface area contributed by atoms with E-state index < -0.39 is 0 Å². The Balaban J connectivity index is 2.53. The van der Waals surface area contributed by atoms with Gasteiger partial charge in [-0.1, -0.05) is 17.8 Å². The SMILES string of the molecule is C=CCSc1n[nH]c(NC(C)=O)n1. The lowest BCUT2D eigenvalue weighted by atomic mass is 10.7. The molecule has 0 aliphatic carbocycles. The summed E-state index contributed by atoms with van der Waals surface area (Å²) in [5.41, 5.74) is 0. The molecule has 0 saturated carbocycles. The van der Waals surface area contributed by atoms with Crippen molar-refractivity contribution in [1.82, 2.24) is 15.2 Å². The lowest BCUT2D eigenvalue weighted by Crippen LogP contribution is -2.06. The van der Waals surface area contributed by atoms with E-state index >= 15 is 0 Å². The van der Waals surface area contributed by atoms with E-state index in [4.69, 9.17) is 0 Å². The number of anilines is 1. The zero-order chi connectivity index (χ0) is 9.68. The summed E-state index contributed by atoms with van der Waals surface area (Å²) in [5.74, 6) is 0.952. The highest BCUT2D eigenvalue weighted by Crippen LogP contribution is 2.13. The number of rotatable bonds is 4. The smallest absolute Gasteiger partial charge is 0.226 e. The van der Waals surface area contributed by atoms with E-state index in [0.717, 1.165) is 5.75 Å². The van der Waals surface area contributed by atoms with Crippen LogP contribution in [0.5, 0.6) is 0 Å². The molecule has 0 spiro atoms. The molecule has 0 aromatic carbocycles. The molecular weight excluding hydrogens is 188 g/mol. The Morgan fingerprint density at radius 1 is 1.85 bits per heavy atom. The number of nitrogens with zero attached hydrogens (tertiary/aromatic N) is 2. The second kappa shape index (κ2) is 4.66. The highest BCUT2D eigenvalue weighted by molar-refractivity contribution is 7.99. The number of hydrogen-bond acceptors (Lipinski definition) is 4. The molecule has 13 heavy (non-hydrogen) atoms. The molecule has 0 aliphatic rings. The molecule has 1 amide bonds. The van der Waals surface area contributed by atoms with Crippen LogP contribution in [0.25, 0.3) is 0 Å². The number of aromatic nitrogens is 3. The fourth-order valence-electron chi connectivity index (χ4n) is 0.667. The minimum atomic E-state index is -0.170. The number of thioether (sulfide) groups is 1. The highest BCUT2D eigenvalue weighted by atomic mass is 32.2. The molecule has 2 N–H and O–H groups in total. The fraction of sp³-hybridized carbons (Fsp3) is 0.286. The number of aromatic amines is 1. The summed E-state index contributed by atoms with van der Waals surface area (Å²) < 4.78 is 0. The summed E-state index contributed by atoms with van der Waals surface area (Å²) in [5, 5.41) is 9.56. The first kappa shape index (κ1) is 9.79. The molecule has 6 heteroatoms. The van der Waals surface area contributed by atoms with Gasteiger partial charge in [-0.25, -0.2) is 5.10 Å². The summed E-state index contributed by atoms with van der Waals surface area (Å²) in [6.45, 7) is 4.99. The second-order valence-corrected chi connectivity index (χ2v) is 3.23. The first-order chi connectivity index (χ1) is 6.22. The maximum Gasteiger partial charge on any atom is 0.226 e. The Hall–Kier alpha value is -1.30. The number of carbonyl (C=O) groups is 1. The number of carbonyl (C=O) groups excluding carboxylic acids is 1. The van der Waals surface area contributed by atoms with Crippen LogP contribution < -0.4 is 5.32 Å². The van der Waals surface area contributed by atoms with Crippen molar-refractivity contribution in [3.63, 3.8) is 0 Å². The van der Waals surface area contributed by atoms with Crippen molar-refractivity contribution in [1.29, 1.82) is 0 Å². The summed E-state index contributed by atoms with van der Waals surface area (Å²) in [4.78, 5) is 14.6. The van der Waals surface area contributed by atoms with Gasteiger partial charge in [0.2, 0.25) is 17.0 Å². The summed E-state index contributed by atoms with van der Waals surface area (Å²) >= 11 is 1.45. The monoisotopic (exact) mass is 198 g/mol. The van der Waals surface area contributed by atoms with Gasteiger partial charge in [-0.15, -0.1) is 11.7 Å². The van der Waals surface area contributed by atoms with E-state index in [9.17, 15) is 4.79 Å². The van der Waals surface area contributed by atoms with Crippen LogP contribution in [0.1, 0.15) is 6.92 Å². The predicted molar refractivity (Wildman–Crippen MR) is 51.6 cm³/mol. The van der Waals surface area contributed by atoms with Crippen molar-refractivity contribution >= 4 is 23.6 Å². The molecule has 1 rings (SSSR count). The third kappa shape index (κ3) is 3.29. The number of H-pyrrole nitrogens is 1.